The first-order chi connectivity index (χ1) is 11.8. The first kappa shape index (κ1) is 16.5. The van der Waals surface area contributed by atoms with Gasteiger partial charge < -0.3 is 19.2 Å². The SMILES string of the molecule is O=C(NCC(c1ccco1)N1CCOCC1)OCc1ccccc1. The Morgan fingerprint density at radius 2 is 1.96 bits per heavy atom. The van der Waals surface area contributed by atoms with Gasteiger partial charge in [0, 0.05) is 19.6 Å². The highest BCUT2D eigenvalue weighted by Gasteiger charge is 2.25. The molecule has 1 aromatic carbocycles. The monoisotopic (exact) mass is 330 g/mol. The minimum atomic E-state index is -0.427. The van der Waals surface area contributed by atoms with Crippen LogP contribution in [-0.4, -0.2) is 43.8 Å². The molecule has 1 N–H and O–H groups in total. The Bertz CT molecular complexity index is 609. The van der Waals surface area contributed by atoms with Gasteiger partial charge >= 0.3 is 6.09 Å². The fourth-order valence-electron chi connectivity index (χ4n) is 2.73. The summed E-state index contributed by atoms with van der Waals surface area (Å²) < 4.78 is 16.2. The van der Waals surface area contributed by atoms with Crippen molar-refractivity contribution in [2.24, 2.45) is 0 Å². The van der Waals surface area contributed by atoms with Crippen LogP contribution in [0.4, 0.5) is 4.79 Å². The van der Waals surface area contributed by atoms with Crippen molar-refractivity contribution in [2.45, 2.75) is 12.6 Å². The lowest BCUT2D eigenvalue weighted by molar-refractivity contribution is 0.0115. The highest BCUT2D eigenvalue weighted by Crippen LogP contribution is 2.21. The lowest BCUT2D eigenvalue weighted by Gasteiger charge is -2.33. The molecule has 128 valence electrons. The van der Waals surface area contributed by atoms with Gasteiger partial charge in [-0.2, -0.15) is 0 Å². The third kappa shape index (κ3) is 4.59. The predicted molar refractivity (Wildman–Crippen MR) is 88.5 cm³/mol. The second kappa shape index (κ2) is 8.52. The number of benzene rings is 1. The zero-order valence-corrected chi connectivity index (χ0v) is 13.5. The summed E-state index contributed by atoms with van der Waals surface area (Å²) in [5.74, 6) is 0.834. The van der Waals surface area contributed by atoms with Crippen LogP contribution >= 0.6 is 0 Å². The molecule has 1 fully saturated rings. The summed E-state index contributed by atoms with van der Waals surface area (Å²) in [6.45, 7) is 3.69. The number of rotatable bonds is 6. The summed E-state index contributed by atoms with van der Waals surface area (Å²) in [5.41, 5.74) is 0.961. The van der Waals surface area contributed by atoms with Gasteiger partial charge in [-0.25, -0.2) is 4.79 Å². The van der Waals surface area contributed by atoms with E-state index in [9.17, 15) is 4.79 Å². The van der Waals surface area contributed by atoms with Crippen molar-refractivity contribution in [2.75, 3.05) is 32.8 Å². The van der Waals surface area contributed by atoms with Gasteiger partial charge in [0.25, 0.3) is 0 Å². The van der Waals surface area contributed by atoms with E-state index in [1.165, 1.54) is 0 Å². The molecule has 1 aliphatic rings. The van der Waals surface area contributed by atoms with E-state index in [1.807, 2.05) is 42.5 Å². The van der Waals surface area contributed by atoms with Crippen LogP contribution in [-0.2, 0) is 16.1 Å². The maximum atomic E-state index is 12.0. The summed E-state index contributed by atoms with van der Waals surface area (Å²) in [4.78, 5) is 14.2. The van der Waals surface area contributed by atoms with Crippen LogP contribution in [0.1, 0.15) is 17.4 Å². The van der Waals surface area contributed by atoms with Crippen LogP contribution in [0.3, 0.4) is 0 Å². The average molecular weight is 330 g/mol. The maximum Gasteiger partial charge on any atom is 0.407 e. The fraction of sp³-hybridized carbons (Fsp3) is 0.389. The van der Waals surface area contributed by atoms with Crippen molar-refractivity contribution >= 4 is 6.09 Å². The molecule has 2 heterocycles. The van der Waals surface area contributed by atoms with Gasteiger partial charge in [-0.3, -0.25) is 4.90 Å². The van der Waals surface area contributed by atoms with E-state index in [0.29, 0.717) is 19.8 Å². The van der Waals surface area contributed by atoms with Gasteiger partial charge in [0.05, 0.1) is 25.5 Å². The molecule has 1 aromatic heterocycles. The van der Waals surface area contributed by atoms with Crippen molar-refractivity contribution in [3.63, 3.8) is 0 Å². The lowest BCUT2D eigenvalue weighted by atomic mass is 10.1. The number of nitrogens with zero attached hydrogens (tertiary/aromatic N) is 1. The number of carbonyl (C=O) groups excluding carboxylic acids is 1. The van der Waals surface area contributed by atoms with Crippen LogP contribution in [0.5, 0.6) is 0 Å². The standard InChI is InChI=1S/C18H22N2O4/c21-18(24-14-15-5-2-1-3-6-15)19-13-16(17-7-4-10-23-17)20-8-11-22-12-9-20/h1-7,10,16H,8-9,11-14H2,(H,19,21). The molecule has 3 rings (SSSR count). The molecule has 0 aliphatic carbocycles. The Balaban J connectivity index is 1.52. The Morgan fingerprint density at radius 1 is 1.17 bits per heavy atom. The van der Waals surface area contributed by atoms with Crippen molar-refractivity contribution < 1.29 is 18.7 Å². The summed E-state index contributed by atoms with van der Waals surface area (Å²) >= 11 is 0. The molecule has 24 heavy (non-hydrogen) atoms. The number of furan rings is 1. The zero-order valence-electron chi connectivity index (χ0n) is 13.5. The number of carbonyl (C=O) groups is 1. The van der Waals surface area contributed by atoms with Crippen LogP contribution < -0.4 is 5.32 Å². The van der Waals surface area contributed by atoms with Gasteiger partial charge in [0.2, 0.25) is 0 Å². The summed E-state index contributed by atoms with van der Waals surface area (Å²) in [7, 11) is 0. The number of nitrogens with one attached hydrogen (secondary N) is 1. The first-order valence-corrected chi connectivity index (χ1v) is 8.12. The quantitative estimate of drug-likeness (QED) is 0.882. The Kier molecular flexibility index (Phi) is 5.87. The number of amides is 1. The molecule has 6 heteroatoms. The van der Waals surface area contributed by atoms with Gasteiger partial charge in [-0.1, -0.05) is 30.3 Å². The molecule has 1 unspecified atom stereocenters. The van der Waals surface area contributed by atoms with Gasteiger partial charge in [0.1, 0.15) is 12.4 Å². The number of morpholine rings is 1. The number of ether oxygens (including phenoxy) is 2. The Labute approximate surface area is 141 Å². The normalized spacial score (nSPS) is 16.5. The van der Waals surface area contributed by atoms with E-state index in [-0.39, 0.29) is 12.6 Å². The summed E-state index contributed by atoms with van der Waals surface area (Å²) in [6, 6.07) is 13.4. The van der Waals surface area contributed by atoms with Gasteiger partial charge in [0.15, 0.2) is 0 Å². The molecule has 6 nitrogen and oxygen atoms in total. The van der Waals surface area contributed by atoms with E-state index >= 15 is 0 Å². The molecule has 0 bridgehead atoms. The number of alkyl carbamates (subject to hydrolysis) is 1. The predicted octanol–water partition coefficient (Wildman–Crippen LogP) is 2.58. The summed E-state index contributed by atoms with van der Waals surface area (Å²) in [6.07, 6.45) is 1.22. The van der Waals surface area contributed by atoms with E-state index in [1.54, 1.807) is 6.26 Å². The van der Waals surface area contributed by atoms with Crippen molar-refractivity contribution in [3.05, 3.63) is 60.1 Å². The van der Waals surface area contributed by atoms with Crippen molar-refractivity contribution in [1.82, 2.24) is 10.2 Å². The topological polar surface area (TPSA) is 63.9 Å². The van der Waals surface area contributed by atoms with Crippen LogP contribution in [0.25, 0.3) is 0 Å². The molecule has 1 atom stereocenters. The molecule has 2 aromatic rings. The molecule has 0 radical (unpaired) electrons. The molecule has 1 saturated heterocycles. The highest BCUT2D eigenvalue weighted by atomic mass is 16.5. The second-order valence-electron chi connectivity index (χ2n) is 5.62. The molecule has 1 aliphatic heterocycles. The number of hydrogen-bond acceptors (Lipinski definition) is 5. The van der Waals surface area contributed by atoms with E-state index < -0.39 is 6.09 Å². The zero-order chi connectivity index (χ0) is 16.6. The molecular weight excluding hydrogens is 308 g/mol. The first-order valence-electron chi connectivity index (χ1n) is 8.12. The molecule has 1 amide bonds. The van der Waals surface area contributed by atoms with Gasteiger partial charge in [-0.15, -0.1) is 0 Å². The maximum absolute atomic E-state index is 12.0. The van der Waals surface area contributed by atoms with E-state index in [2.05, 4.69) is 10.2 Å². The van der Waals surface area contributed by atoms with Crippen LogP contribution in [0, 0.1) is 0 Å². The van der Waals surface area contributed by atoms with Crippen molar-refractivity contribution in [1.29, 1.82) is 0 Å². The van der Waals surface area contributed by atoms with E-state index in [0.717, 1.165) is 24.4 Å². The lowest BCUT2D eigenvalue weighted by Crippen LogP contribution is -2.43. The van der Waals surface area contributed by atoms with Gasteiger partial charge in [-0.05, 0) is 17.7 Å². The molecule has 0 saturated carbocycles. The third-order valence-electron chi connectivity index (χ3n) is 4.01. The molecular formula is C18H22N2O4. The Morgan fingerprint density at radius 3 is 2.67 bits per heavy atom. The Hall–Kier alpha value is -2.31. The fourth-order valence-corrected chi connectivity index (χ4v) is 2.73. The van der Waals surface area contributed by atoms with Crippen LogP contribution in [0.15, 0.2) is 53.1 Å². The largest absolute Gasteiger partial charge is 0.468 e. The van der Waals surface area contributed by atoms with Crippen LogP contribution in [0.2, 0.25) is 0 Å². The number of hydrogen-bond donors (Lipinski definition) is 1. The van der Waals surface area contributed by atoms with E-state index in [4.69, 9.17) is 13.9 Å². The minimum Gasteiger partial charge on any atom is -0.468 e. The van der Waals surface area contributed by atoms with Crippen molar-refractivity contribution in [3.8, 4) is 0 Å². The average Bonchev–Trinajstić information content (AvgIpc) is 3.16. The minimum absolute atomic E-state index is 0.0202. The smallest absolute Gasteiger partial charge is 0.407 e. The molecule has 0 spiro atoms. The third-order valence-corrected chi connectivity index (χ3v) is 4.01. The summed E-state index contributed by atoms with van der Waals surface area (Å²) in [5, 5.41) is 2.83. The highest BCUT2D eigenvalue weighted by molar-refractivity contribution is 5.67. The second-order valence-corrected chi connectivity index (χ2v) is 5.62.